The van der Waals surface area contributed by atoms with Crippen LogP contribution in [0.4, 0.5) is 5.95 Å². The molecule has 0 aliphatic carbocycles. The van der Waals surface area contributed by atoms with E-state index in [0.717, 1.165) is 4.88 Å². The molecular formula is C10H9N5OS. The van der Waals surface area contributed by atoms with Crippen LogP contribution >= 0.6 is 11.3 Å². The maximum Gasteiger partial charge on any atom is 0.278 e. The molecule has 4 N–H and O–H groups in total. The molecule has 0 aliphatic rings. The van der Waals surface area contributed by atoms with Crippen LogP contribution < -0.4 is 11.3 Å². The van der Waals surface area contributed by atoms with E-state index < -0.39 is 0 Å². The summed E-state index contributed by atoms with van der Waals surface area (Å²) in [6, 6.07) is 3.95. The second kappa shape index (κ2) is 3.42. The van der Waals surface area contributed by atoms with Gasteiger partial charge in [0.1, 0.15) is 0 Å². The van der Waals surface area contributed by atoms with Gasteiger partial charge in [0.25, 0.3) is 5.56 Å². The summed E-state index contributed by atoms with van der Waals surface area (Å²) >= 11 is 1.60. The molecule has 0 bridgehead atoms. The molecule has 3 rings (SSSR count). The van der Waals surface area contributed by atoms with Crippen LogP contribution in [0, 0.1) is 6.92 Å². The molecule has 0 fully saturated rings. The van der Waals surface area contributed by atoms with Crippen LogP contribution in [0.15, 0.2) is 16.9 Å². The zero-order chi connectivity index (χ0) is 12.0. The topological polar surface area (TPSA) is 100 Å². The minimum absolute atomic E-state index is 0.0721. The molecule has 0 atom stereocenters. The number of aryl methyl sites for hydroxylation is 1. The van der Waals surface area contributed by atoms with Gasteiger partial charge >= 0.3 is 0 Å². The standard InChI is InChI=1S/C10H9N5OS/c1-4-2-3-5(17-4)7-12-6-8(13-7)14-10(11)15-9(6)16/h2-3H,1H3,(H4,11,12,13,14,15,16). The minimum Gasteiger partial charge on any atom is -0.369 e. The van der Waals surface area contributed by atoms with Crippen molar-refractivity contribution in [2.24, 2.45) is 0 Å². The van der Waals surface area contributed by atoms with Gasteiger partial charge in [-0.3, -0.25) is 9.78 Å². The summed E-state index contributed by atoms with van der Waals surface area (Å²) in [5.41, 5.74) is 5.84. The van der Waals surface area contributed by atoms with E-state index in [0.29, 0.717) is 17.0 Å². The van der Waals surface area contributed by atoms with Crippen molar-refractivity contribution in [1.82, 2.24) is 19.9 Å². The van der Waals surface area contributed by atoms with Gasteiger partial charge in [-0.25, -0.2) is 4.98 Å². The van der Waals surface area contributed by atoms with Crippen LogP contribution in [0.25, 0.3) is 21.9 Å². The third-order valence-electron chi connectivity index (χ3n) is 2.35. The first kappa shape index (κ1) is 10.0. The quantitative estimate of drug-likeness (QED) is 0.602. The summed E-state index contributed by atoms with van der Waals surface area (Å²) in [6.45, 7) is 2.01. The van der Waals surface area contributed by atoms with E-state index in [1.165, 1.54) is 4.88 Å². The summed E-state index contributed by atoms with van der Waals surface area (Å²) in [6.07, 6.45) is 0. The smallest absolute Gasteiger partial charge is 0.278 e. The van der Waals surface area contributed by atoms with Crippen LogP contribution in [0.5, 0.6) is 0 Å². The van der Waals surface area contributed by atoms with E-state index in [2.05, 4.69) is 19.9 Å². The Morgan fingerprint density at radius 2 is 2.12 bits per heavy atom. The van der Waals surface area contributed by atoms with Crippen molar-refractivity contribution in [1.29, 1.82) is 0 Å². The Kier molecular flexibility index (Phi) is 2.02. The molecule has 3 aromatic heterocycles. The predicted molar refractivity (Wildman–Crippen MR) is 67.0 cm³/mol. The summed E-state index contributed by atoms with van der Waals surface area (Å²) in [7, 11) is 0. The van der Waals surface area contributed by atoms with Crippen LogP contribution in [0.2, 0.25) is 0 Å². The maximum absolute atomic E-state index is 11.6. The number of H-pyrrole nitrogens is 2. The third kappa shape index (κ3) is 1.60. The second-order valence-electron chi connectivity index (χ2n) is 3.65. The number of nitrogens with zero attached hydrogens (tertiary/aromatic N) is 2. The molecule has 6 nitrogen and oxygen atoms in total. The number of fused-ring (bicyclic) bond motifs is 1. The van der Waals surface area contributed by atoms with Crippen molar-refractivity contribution >= 4 is 28.4 Å². The van der Waals surface area contributed by atoms with Gasteiger partial charge in [0.2, 0.25) is 5.95 Å². The number of imidazole rings is 1. The second-order valence-corrected chi connectivity index (χ2v) is 4.93. The summed E-state index contributed by atoms with van der Waals surface area (Å²) in [5, 5.41) is 0. The average Bonchev–Trinajstić information content (AvgIpc) is 2.83. The van der Waals surface area contributed by atoms with Gasteiger partial charge in [-0.05, 0) is 19.1 Å². The van der Waals surface area contributed by atoms with Crippen LogP contribution in [0.3, 0.4) is 0 Å². The lowest BCUT2D eigenvalue weighted by atomic mass is 10.4. The number of hydrogen-bond donors (Lipinski definition) is 3. The molecule has 0 unspecified atom stereocenters. The summed E-state index contributed by atoms with van der Waals surface area (Å²) in [5.74, 6) is 0.713. The lowest BCUT2D eigenvalue weighted by Crippen LogP contribution is -2.10. The fourth-order valence-electron chi connectivity index (χ4n) is 1.60. The number of aromatic nitrogens is 4. The normalized spacial score (nSPS) is 11.1. The number of nitrogen functional groups attached to an aromatic ring is 1. The van der Waals surface area contributed by atoms with Gasteiger partial charge in [-0.15, -0.1) is 11.3 Å². The molecule has 0 amide bonds. The van der Waals surface area contributed by atoms with Crippen LogP contribution in [-0.4, -0.2) is 19.9 Å². The van der Waals surface area contributed by atoms with Crippen molar-refractivity contribution in [2.75, 3.05) is 5.73 Å². The van der Waals surface area contributed by atoms with Crippen LogP contribution in [-0.2, 0) is 0 Å². The first-order chi connectivity index (χ1) is 8.13. The number of aromatic amines is 2. The monoisotopic (exact) mass is 247 g/mol. The zero-order valence-corrected chi connectivity index (χ0v) is 9.76. The highest BCUT2D eigenvalue weighted by Crippen LogP contribution is 2.25. The van der Waals surface area contributed by atoms with E-state index in [1.54, 1.807) is 11.3 Å². The molecule has 0 saturated carbocycles. The summed E-state index contributed by atoms with van der Waals surface area (Å²) in [4.78, 5) is 27.4. The highest BCUT2D eigenvalue weighted by atomic mass is 32.1. The van der Waals surface area contributed by atoms with Crippen molar-refractivity contribution in [2.45, 2.75) is 6.92 Å². The van der Waals surface area contributed by atoms with E-state index >= 15 is 0 Å². The van der Waals surface area contributed by atoms with Crippen molar-refractivity contribution < 1.29 is 0 Å². The SMILES string of the molecule is Cc1ccc(-c2nc3nc(N)[nH]c(=O)c3[nH]2)s1. The number of rotatable bonds is 1. The number of hydrogen-bond acceptors (Lipinski definition) is 5. The third-order valence-corrected chi connectivity index (χ3v) is 3.36. The van der Waals surface area contributed by atoms with Gasteiger partial charge in [0, 0.05) is 4.88 Å². The number of thiophene rings is 1. The fraction of sp³-hybridized carbons (Fsp3) is 0.100. The Bertz CT molecular complexity index is 753. The van der Waals surface area contributed by atoms with Gasteiger partial charge < -0.3 is 10.7 Å². The Balaban J connectivity index is 2.27. The van der Waals surface area contributed by atoms with Crippen molar-refractivity contribution in [3.8, 4) is 10.7 Å². The fourth-order valence-corrected chi connectivity index (χ4v) is 2.42. The van der Waals surface area contributed by atoms with Crippen molar-refractivity contribution in [3.05, 3.63) is 27.4 Å². The molecule has 0 saturated heterocycles. The number of nitrogens with one attached hydrogen (secondary N) is 2. The largest absolute Gasteiger partial charge is 0.369 e. The lowest BCUT2D eigenvalue weighted by Gasteiger charge is -1.89. The first-order valence-corrected chi connectivity index (χ1v) is 5.77. The lowest BCUT2D eigenvalue weighted by molar-refractivity contribution is 1.17. The molecular weight excluding hydrogens is 238 g/mol. The Morgan fingerprint density at radius 1 is 1.29 bits per heavy atom. The van der Waals surface area contributed by atoms with Gasteiger partial charge in [0.15, 0.2) is 17.0 Å². The maximum atomic E-state index is 11.6. The Morgan fingerprint density at radius 3 is 2.82 bits per heavy atom. The molecule has 86 valence electrons. The molecule has 0 aromatic carbocycles. The predicted octanol–water partition coefficient (Wildman–Crippen LogP) is 1.27. The first-order valence-electron chi connectivity index (χ1n) is 4.96. The Hall–Kier alpha value is -2.15. The Labute approximate surface area is 99.5 Å². The van der Waals surface area contributed by atoms with E-state index in [4.69, 9.17) is 5.73 Å². The summed E-state index contributed by atoms with van der Waals surface area (Å²) < 4.78 is 0. The molecule has 7 heteroatoms. The molecule has 17 heavy (non-hydrogen) atoms. The number of anilines is 1. The molecule has 0 aliphatic heterocycles. The number of nitrogens with two attached hydrogens (primary N) is 1. The van der Waals surface area contributed by atoms with Gasteiger partial charge in [0.05, 0.1) is 4.88 Å². The minimum atomic E-state index is -0.306. The van der Waals surface area contributed by atoms with Gasteiger partial charge in [-0.1, -0.05) is 0 Å². The molecule has 3 aromatic rings. The molecule has 3 heterocycles. The van der Waals surface area contributed by atoms with E-state index in [-0.39, 0.29) is 11.5 Å². The highest BCUT2D eigenvalue weighted by Gasteiger charge is 2.11. The molecule has 0 spiro atoms. The van der Waals surface area contributed by atoms with E-state index in [1.807, 2.05) is 19.1 Å². The molecule has 0 radical (unpaired) electrons. The average molecular weight is 247 g/mol. The van der Waals surface area contributed by atoms with Gasteiger partial charge in [-0.2, -0.15) is 4.98 Å². The zero-order valence-electron chi connectivity index (χ0n) is 8.94. The van der Waals surface area contributed by atoms with E-state index in [9.17, 15) is 4.79 Å². The highest BCUT2D eigenvalue weighted by molar-refractivity contribution is 7.15. The van der Waals surface area contributed by atoms with Crippen molar-refractivity contribution in [3.63, 3.8) is 0 Å². The van der Waals surface area contributed by atoms with Crippen LogP contribution in [0.1, 0.15) is 4.88 Å².